The molecule has 7 heteroatoms. The third-order valence-corrected chi connectivity index (χ3v) is 5.42. The molecule has 126 valence electrons. The van der Waals surface area contributed by atoms with E-state index in [0.717, 1.165) is 33.5 Å². The normalized spacial score (nSPS) is 10.9. The number of nitrogen functional groups attached to an aromatic ring is 1. The average molecular weight is 361 g/mol. The summed E-state index contributed by atoms with van der Waals surface area (Å²) >= 11 is 3.20. The zero-order valence-electron chi connectivity index (χ0n) is 13.7. The monoisotopic (exact) mass is 360 g/mol. The summed E-state index contributed by atoms with van der Waals surface area (Å²) in [6.45, 7) is 4.81. The largest absolute Gasteiger partial charge is 0.493 e. The Labute approximate surface area is 149 Å². The van der Waals surface area contributed by atoms with Gasteiger partial charge < -0.3 is 10.6 Å². The van der Waals surface area contributed by atoms with E-state index in [4.69, 9.17) is 10.6 Å². The van der Waals surface area contributed by atoms with E-state index in [1.165, 1.54) is 5.56 Å². The molecule has 0 radical (unpaired) electrons. The minimum atomic E-state index is 0.674. The molecule has 3 rings (SSSR count). The molecule has 1 aromatic carbocycles. The Hall–Kier alpha value is -1.99. The van der Waals surface area contributed by atoms with E-state index in [-0.39, 0.29) is 0 Å². The summed E-state index contributed by atoms with van der Waals surface area (Å²) < 4.78 is 7.42. The van der Waals surface area contributed by atoms with Crippen LogP contribution >= 0.6 is 23.1 Å². The fraction of sp³-hybridized carbons (Fsp3) is 0.294. The van der Waals surface area contributed by atoms with Crippen LogP contribution in [0.3, 0.4) is 0 Å². The molecule has 2 N–H and O–H groups in total. The Morgan fingerprint density at radius 2 is 2.12 bits per heavy atom. The molecule has 0 aliphatic heterocycles. The quantitative estimate of drug-likeness (QED) is 0.393. The molecule has 0 fully saturated rings. The van der Waals surface area contributed by atoms with Gasteiger partial charge in [0, 0.05) is 5.75 Å². The summed E-state index contributed by atoms with van der Waals surface area (Å²) in [5, 5.41) is 11.1. The summed E-state index contributed by atoms with van der Waals surface area (Å²) in [6, 6.07) is 10.2. The maximum Gasteiger partial charge on any atom is 0.210 e. The van der Waals surface area contributed by atoms with Crippen molar-refractivity contribution >= 4 is 23.1 Å². The van der Waals surface area contributed by atoms with Crippen LogP contribution in [0.4, 0.5) is 0 Å². The number of nitrogens with zero attached hydrogens (tertiary/aromatic N) is 3. The van der Waals surface area contributed by atoms with Crippen molar-refractivity contribution in [2.75, 3.05) is 18.2 Å². The second kappa shape index (κ2) is 7.72. The van der Waals surface area contributed by atoms with E-state index in [1.54, 1.807) is 27.8 Å². The Morgan fingerprint density at radius 1 is 1.25 bits per heavy atom. The minimum Gasteiger partial charge on any atom is -0.493 e. The molecule has 0 bridgehead atoms. The van der Waals surface area contributed by atoms with Crippen molar-refractivity contribution in [3.8, 4) is 16.5 Å². The van der Waals surface area contributed by atoms with Gasteiger partial charge in [-0.05, 0) is 48.9 Å². The minimum absolute atomic E-state index is 0.674. The van der Waals surface area contributed by atoms with Crippen molar-refractivity contribution in [2.45, 2.75) is 25.4 Å². The molecule has 24 heavy (non-hydrogen) atoms. The van der Waals surface area contributed by atoms with Gasteiger partial charge in [0.15, 0.2) is 5.82 Å². The molecule has 5 nitrogen and oxygen atoms in total. The van der Waals surface area contributed by atoms with Gasteiger partial charge in [0.25, 0.3) is 0 Å². The van der Waals surface area contributed by atoms with Crippen molar-refractivity contribution in [1.82, 2.24) is 14.9 Å². The molecule has 0 spiro atoms. The summed E-state index contributed by atoms with van der Waals surface area (Å²) in [4.78, 5) is 1.02. The third-order valence-electron chi connectivity index (χ3n) is 3.53. The van der Waals surface area contributed by atoms with Crippen LogP contribution in [-0.2, 0) is 0 Å². The number of aryl methyl sites for hydroxylation is 2. The number of benzene rings is 1. The average Bonchev–Trinajstić information content (AvgIpc) is 3.20. The number of hydrogen-bond acceptors (Lipinski definition) is 6. The molecule has 3 aromatic rings. The summed E-state index contributed by atoms with van der Waals surface area (Å²) in [5.41, 5.74) is 2.37. The molecule has 2 heterocycles. The first-order valence-corrected chi connectivity index (χ1v) is 9.59. The van der Waals surface area contributed by atoms with Gasteiger partial charge in [0.05, 0.1) is 11.5 Å². The molecule has 0 amide bonds. The number of aromatic nitrogens is 3. The van der Waals surface area contributed by atoms with Gasteiger partial charge in [-0.1, -0.05) is 30.0 Å². The van der Waals surface area contributed by atoms with Crippen LogP contribution in [0.1, 0.15) is 17.5 Å². The SMILES string of the molecule is Cc1ccc(C)c(OCCCSc2nnc(-c3cccs3)n2N)c1. The van der Waals surface area contributed by atoms with E-state index in [2.05, 4.69) is 42.2 Å². The summed E-state index contributed by atoms with van der Waals surface area (Å²) in [6.07, 6.45) is 0.916. The lowest BCUT2D eigenvalue weighted by Crippen LogP contribution is -2.11. The second-order valence-electron chi connectivity index (χ2n) is 5.47. The lowest BCUT2D eigenvalue weighted by Gasteiger charge is -2.09. The highest BCUT2D eigenvalue weighted by Gasteiger charge is 2.12. The van der Waals surface area contributed by atoms with Crippen LogP contribution in [0.2, 0.25) is 0 Å². The van der Waals surface area contributed by atoms with E-state index in [1.807, 2.05) is 17.5 Å². The molecule has 0 saturated carbocycles. The Bertz CT molecular complexity index is 799. The van der Waals surface area contributed by atoms with Crippen LogP contribution in [0, 0.1) is 13.8 Å². The molecule has 2 aromatic heterocycles. The first-order valence-electron chi connectivity index (χ1n) is 7.72. The van der Waals surface area contributed by atoms with Crippen molar-refractivity contribution in [1.29, 1.82) is 0 Å². The van der Waals surface area contributed by atoms with E-state index < -0.39 is 0 Å². The van der Waals surface area contributed by atoms with E-state index >= 15 is 0 Å². The predicted octanol–water partition coefficient (Wildman–Crippen LogP) is 3.90. The predicted molar refractivity (Wildman–Crippen MR) is 100 cm³/mol. The van der Waals surface area contributed by atoms with Gasteiger partial charge in [0.1, 0.15) is 5.75 Å². The number of thioether (sulfide) groups is 1. The lowest BCUT2D eigenvalue weighted by atomic mass is 10.1. The topological polar surface area (TPSA) is 66.0 Å². The van der Waals surface area contributed by atoms with Gasteiger partial charge in [0.2, 0.25) is 5.16 Å². The Kier molecular flexibility index (Phi) is 5.42. The number of rotatable bonds is 7. The molecule has 0 aliphatic rings. The maximum absolute atomic E-state index is 6.08. The second-order valence-corrected chi connectivity index (χ2v) is 7.48. The fourth-order valence-corrected chi connectivity index (χ4v) is 3.69. The zero-order valence-corrected chi connectivity index (χ0v) is 15.4. The molecule has 0 atom stereocenters. The van der Waals surface area contributed by atoms with Gasteiger partial charge in [-0.15, -0.1) is 21.5 Å². The number of thiophene rings is 1. The van der Waals surface area contributed by atoms with E-state index in [9.17, 15) is 0 Å². The molecular weight excluding hydrogens is 340 g/mol. The van der Waals surface area contributed by atoms with Crippen LogP contribution in [0.5, 0.6) is 5.75 Å². The van der Waals surface area contributed by atoms with E-state index in [0.29, 0.717) is 12.4 Å². The standard InChI is InChI=1S/C17H20N4OS2/c1-12-6-7-13(2)14(11-12)22-8-4-10-24-17-20-19-16(21(17)18)15-5-3-9-23-15/h3,5-7,9,11H,4,8,10,18H2,1-2H3. The Morgan fingerprint density at radius 3 is 2.92 bits per heavy atom. The molecule has 0 unspecified atom stereocenters. The number of hydrogen-bond donors (Lipinski definition) is 1. The molecular formula is C17H20N4OS2. The highest BCUT2D eigenvalue weighted by molar-refractivity contribution is 7.99. The summed E-state index contributed by atoms with van der Waals surface area (Å²) in [5.74, 6) is 8.63. The van der Waals surface area contributed by atoms with Crippen molar-refractivity contribution in [3.63, 3.8) is 0 Å². The van der Waals surface area contributed by atoms with Crippen LogP contribution in [0.15, 0.2) is 40.9 Å². The van der Waals surface area contributed by atoms with Crippen molar-refractivity contribution < 1.29 is 4.74 Å². The third kappa shape index (κ3) is 3.91. The van der Waals surface area contributed by atoms with Gasteiger partial charge in [-0.2, -0.15) is 0 Å². The highest BCUT2D eigenvalue weighted by Crippen LogP contribution is 2.25. The maximum atomic E-state index is 6.08. The molecule has 0 aliphatic carbocycles. The number of nitrogens with two attached hydrogens (primary N) is 1. The number of ether oxygens (including phenoxy) is 1. The Balaban J connectivity index is 1.48. The van der Waals surface area contributed by atoms with Crippen LogP contribution in [0.25, 0.3) is 10.7 Å². The molecule has 0 saturated heterocycles. The van der Waals surface area contributed by atoms with Gasteiger partial charge >= 0.3 is 0 Å². The first kappa shape index (κ1) is 16.9. The van der Waals surface area contributed by atoms with Crippen molar-refractivity contribution in [2.24, 2.45) is 0 Å². The van der Waals surface area contributed by atoms with Crippen LogP contribution in [-0.4, -0.2) is 27.2 Å². The zero-order chi connectivity index (χ0) is 16.9. The van der Waals surface area contributed by atoms with Gasteiger partial charge in [-0.25, -0.2) is 4.68 Å². The van der Waals surface area contributed by atoms with Gasteiger partial charge in [-0.3, -0.25) is 0 Å². The fourth-order valence-electron chi connectivity index (χ4n) is 2.22. The smallest absolute Gasteiger partial charge is 0.210 e. The first-order chi connectivity index (χ1) is 11.6. The summed E-state index contributed by atoms with van der Waals surface area (Å²) in [7, 11) is 0. The van der Waals surface area contributed by atoms with Crippen LogP contribution < -0.4 is 10.6 Å². The highest BCUT2D eigenvalue weighted by atomic mass is 32.2. The van der Waals surface area contributed by atoms with Crippen molar-refractivity contribution in [3.05, 3.63) is 46.8 Å². The lowest BCUT2D eigenvalue weighted by molar-refractivity contribution is 0.316.